The molecule has 1 aromatic heterocycles. The molecule has 5 rings (SSSR count). The van der Waals surface area contributed by atoms with Crippen molar-refractivity contribution in [3.63, 3.8) is 0 Å². The molecule has 0 radical (unpaired) electrons. The summed E-state index contributed by atoms with van der Waals surface area (Å²) in [4.78, 5) is 15.1. The summed E-state index contributed by atoms with van der Waals surface area (Å²) in [5.74, 6) is 1.79. The van der Waals surface area contributed by atoms with Crippen LogP contribution >= 0.6 is 0 Å². The van der Waals surface area contributed by atoms with E-state index in [1.165, 1.54) is 12.8 Å². The number of hydrogen-bond acceptors (Lipinski definition) is 4. The van der Waals surface area contributed by atoms with E-state index in [0.717, 1.165) is 64.9 Å². The van der Waals surface area contributed by atoms with Crippen molar-refractivity contribution in [2.24, 2.45) is 0 Å². The summed E-state index contributed by atoms with van der Waals surface area (Å²) in [6, 6.07) is 16.6. The molecule has 0 atom stereocenters. The van der Waals surface area contributed by atoms with Crippen molar-refractivity contribution >= 4 is 5.91 Å². The van der Waals surface area contributed by atoms with Crippen molar-refractivity contribution in [1.29, 1.82) is 0 Å². The second kappa shape index (κ2) is 9.94. The van der Waals surface area contributed by atoms with Gasteiger partial charge in [0.15, 0.2) is 0 Å². The lowest BCUT2D eigenvalue weighted by Gasteiger charge is -2.22. The molecule has 0 spiro atoms. The fraction of sp³-hybridized carbons (Fsp3) is 0.393. The third kappa shape index (κ3) is 4.55. The van der Waals surface area contributed by atoms with Gasteiger partial charge in [0.25, 0.3) is 0 Å². The van der Waals surface area contributed by atoms with Crippen LogP contribution < -0.4 is 14.8 Å². The first kappa shape index (κ1) is 22.5. The van der Waals surface area contributed by atoms with Crippen LogP contribution in [0.3, 0.4) is 0 Å². The van der Waals surface area contributed by atoms with Gasteiger partial charge in [-0.1, -0.05) is 18.2 Å². The first-order valence-corrected chi connectivity index (χ1v) is 12.2. The average Bonchev–Trinajstić information content (AvgIpc) is 3.50. The minimum absolute atomic E-state index is 0.0949. The van der Waals surface area contributed by atoms with E-state index in [1.54, 1.807) is 7.11 Å². The van der Waals surface area contributed by atoms with Crippen LogP contribution in [0.15, 0.2) is 48.5 Å². The highest BCUT2D eigenvalue weighted by Crippen LogP contribution is 2.42. The van der Waals surface area contributed by atoms with Gasteiger partial charge in [0.05, 0.1) is 18.5 Å². The van der Waals surface area contributed by atoms with Crippen molar-refractivity contribution < 1.29 is 14.3 Å². The van der Waals surface area contributed by atoms with Crippen LogP contribution in [-0.4, -0.2) is 48.7 Å². The standard InChI is InChI=1S/C28H33N3O3/c1-20-9-11-24(26(17-20)33-2)31-22(10-12-27(32)29-13-16-30-14-5-6-15-30)18-21-19-34-25-8-4-3-7-23(25)28(21)31/h3-4,7-9,11,17-18H,5-6,10,12-16,19H2,1-2H3,(H,29,32). The molecule has 1 fully saturated rings. The van der Waals surface area contributed by atoms with E-state index in [1.807, 2.05) is 18.2 Å². The van der Waals surface area contributed by atoms with E-state index in [9.17, 15) is 4.79 Å². The Morgan fingerprint density at radius 3 is 2.76 bits per heavy atom. The number of aryl methyl sites for hydroxylation is 2. The van der Waals surface area contributed by atoms with Crippen molar-refractivity contribution in [3.8, 4) is 28.4 Å². The zero-order chi connectivity index (χ0) is 23.5. The number of aromatic nitrogens is 1. The molecular formula is C28H33N3O3. The fourth-order valence-corrected chi connectivity index (χ4v) is 5.09. The summed E-state index contributed by atoms with van der Waals surface area (Å²) in [6.07, 6.45) is 3.62. The van der Waals surface area contributed by atoms with E-state index in [-0.39, 0.29) is 5.91 Å². The van der Waals surface area contributed by atoms with Crippen LogP contribution in [0.1, 0.15) is 36.1 Å². The number of carbonyl (C=O) groups excluding carboxylic acids is 1. The molecule has 0 aliphatic carbocycles. The quantitative estimate of drug-likeness (QED) is 0.539. The topological polar surface area (TPSA) is 55.7 Å². The van der Waals surface area contributed by atoms with Crippen LogP contribution in [0.5, 0.6) is 11.5 Å². The van der Waals surface area contributed by atoms with Crippen molar-refractivity contribution in [3.05, 3.63) is 65.4 Å². The van der Waals surface area contributed by atoms with E-state index in [2.05, 4.69) is 52.0 Å². The number of benzene rings is 2. The number of methoxy groups -OCH3 is 1. The van der Waals surface area contributed by atoms with Crippen LogP contribution in [0.4, 0.5) is 0 Å². The van der Waals surface area contributed by atoms with Gasteiger partial charge >= 0.3 is 0 Å². The first-order chi connectivity index (χ1) is 16.6. The largest absolute Gasteiger partial charge is 0.495 e. The monoisotopic (exact) mass is 459 g/mol. The molecule has 6 nitrogen and oxygen atoms in total. The van der Waals surface area contributed by atoms with Crippen molar-refractivity contribution in [2.75, 3.05) is 33.3 Å². The second-order valence-electron chi connectivity index (χ2n) is 9.20. The molecule has 1 saturated heterocycles. The summed E-state index contributed by atoms with van der Waals surface area (Å²) in [5, 5.41) is 3.11. The van der Waals surface area contributed by atoms with E-state index in [4.69, 9.17) is 9.47 Å². The van der Waals surface area contributed by atoms with Gasteiger partial charge in [-0.2, -0.15) is 0 Å². The van der Waals surface area contributed by atoms with Gasteiger partial charge in [0.2, 0.25) is 5.91 Å². The summed E-state index contributed by atoms with van der Waals surface area (Å²) in [5.41, 5.74) is 6.52. The Morgan fingerprint density at radius 2 is 1.94 bits per heavy atom. The Kier molecular flexibility index (Phi) is 6.59. The Balaban J connectivity index is 1.42. The molecule has 6 heteroatoms. The number of fused-ring (bicyclic) bond motifs is 3. The van der Waals surface area contributed by atoms with Crippen molar-refractivity contribution in [1.82, 2.24) is 14.8 Å². The van der Waals surface area contributed by atoms with Gasteiger partial charge in [-0.25, -0.2) is 0 Å². The molecule has 178 valence electrons. The lowest BCUT2D eigenvalue weighted by atomic mass is 10.0. The molecule has 0 bridgehead atoms. The maximum absolute atomic E-state index is 12.7. The third-order valence-electron chi connectivity index (χ3n) is 6.81. The third-order valence-corrected chi connectivity index (χ3v) is 6.81. The van der Waals surface area contributed by atoms with Gasteiger partial charge in [0, 0.05) is 36.3 Å². The molecule has 34 heavy (non-hydrogen) atoms. The normalized spacial score (nSPS) is 14.9. The zero-order valence-corrected chi connectivity index (χ0v) is 20.1. The molecule has 3 heterocycles. The number of hydrogen-bond donors (Lipinski definition) is 1. The van der Waals surface area contributed by atoms with Gasteiger partial charge in [-0.3, -0.25) is 4.79 Å². The molecule has 1 N–H and O–H groups in total. The van der Waals surface area contributed by atoms with Gasteiger partial charge in [-0.05, 0) is 75.2 Å². The lowest BCUT2D eigenvalue weighted by molar-refractivity contribution is -0.121. The van der Waals surface area contributed by atoms with E-state index < -0.39 is 0 Å². The van der Waals surface area contributed by atoms with Gasteiger partial charge in [-0.15, -0.1) is 0 Å². The fourth-order valence-electron chi connectivity index (χ4n) is 5.09. The second-order valence-corrected chi connectivity index (χ2v) is 9.20. The van der Waals surface area contributed by atoms with Gasteiger partial charge in [0.1, 0.15) is 18.1 Å². The Bertz CT molecular complexity index is 1180. The summed E-state index contributed by atoms with van der Waals surface area (Å²) < 4.78 is 14.1. The highest BCUT2D eigenvalue weighted by atomic mass is 16.5. The zero-order valence-electron chi connectivity index (χ0n) is 20.1. The van der Waals surface area contributed by atoms with E-state index >= 15 is 0 Å². The molecule has 0 saturated carbocycles. The summed E-state index contributed by atoms with van der Waals surface area (Å²) >= 11 is 0. The summed E-state index contributed by atoms with van der Waals surface area (Å²) in [7, 11) is 1.71. The smallest absolute Gasteiger partial charge is 0.220 e. The Morgan fingerprint density at radius 1 is 1.12 bits per heavy atom. The summed E-state index contributed by atoms with van der Waals surface area (Å²) in [6.45, 7) is 6.53. The maximum atomic E-state index is 12.7. The number of nitrogens with one attached hydrogen (secondary N) is 1. The van der Waals surface area contributed by atoms with E-state index in [0.29, 0.717) is 26.0 Å². The SMILES string of the molecule is COc1cc(C)ccc1-n1c(CCC(=O)NCCN2CCCC2)cc2c1-c1ccccc1OC2. The van der Waals surface area contributed by atoms with Crippen LogP contribution in [0.2, 0.25) is 0 Å². The Labute approximate surface area is 201 Å². The highest BCUT2D eigenvalue weighted by molar-refractivity contribution is 5.78. The molecule has 2 aliphatic heterocycles. The highest BCUT2D eigenvalue weighted by Gasteiger charge is 2.26. The predicted molar refractivity (Wildman–Crippen MR) is 134 cm³/mol. The molecule has 0 unspecified atom stereocenters. The molecular weight excluding hydrogens is 426 g/mol. The minimum Gasteiger partial charge on any atom is -0.495 e. The first-order valence-electron chi connectivity index (χ1n) is 12.2. The molecule has 1 amide bonds. The number of amides is 1. The number of para-hydroxylation sites is 1. The molecule has 3 aromatic rings. The minimum atomic E-state index is 0.0949. The lowest BCUT2D eigenvalue weighted by Crippen LogP contribution is -2.33. The number of nitrogens with zero attached hydrogens (tertiary/aromatic N) is 2. The maximum Gasteiger partial charge on any atom is 0.220 e. The van der Waals surface area contributed by atoms with Crippen LogP contribution in [-0.2, 0) is 17.8 Å². The van der Waals surface area contributed by atoms with Crippen LogP contribution in [0.25, 0.3) is 16.9 Å². The Hall–Kier alpha value is -3.25. The number of ether oxygens (including phenoxy) is 2. The predicted octanol–water partition coefficient (Wildman–Crippen LogP) is 4.50. The molecule has 2 aromatic carbocycles. The van der Waals surface area contributed by atoms with Crippen molar-refractivity contribution in [2.45, 2.75) is 39.2 Å². The number of rotatable bonds is 8. The number of likely N-dealkylation sites (tertiary alicyclic amines) is 1. The average molecular weight is 460 g/mol. The number of carbonyl (C=O) groups is 1. The molecule has 2 aliphatic rings. The van der Waals surface area contributed by atoms with Crippen LogP contribution in [0, 0.1) is 6.92 Å². The van der Waals surface area contributed by atoms with Gasteiger partial charge < -0.3 is 24.3 Å².